The Labute approximate surface area is 227 Å². The molecular formula is C32H44N2O4. The lowest BCUT2D eigenvalue weighted by molar-refractivity contribution is -0.242. The highest BCUT2D eigenvalue weighted by Gasteiger charge is 2.75. The standard InChI is InChI=1S/C32H44N2O4/c1-26(2)20-8-11-30(6)21(29(20,5)10-9-23(26)35)18-24(36)32(38)22-19-28(4,25(37)34-17-16-33)13-12-27(22,3)14-15-31(30,32)7/h9-10,18,20,22,38H,8,11-15,17,19H2,1-7H3,(H,34,37). The van der Waals surface area contributed by atoms with Crippen LogP contribution in [0, 0.1) is 55.7 Å². The maximum absolute atomic E-state index is 14.4. The van der Waals surface area contributed by atoms with Gasteiger partial charge < -0.3 is 10.4 Å². The lowest BCUT2D eigenvalue weighted by atomic mass is 9.33. The van der Waals surface area contributed by atoms with Gasteiger partial charge in [0, 0.05) is 27.6 Å². The first-order chi connectivity index (χ1) is 17.5. The average Bonchev–Trinajstić information content (AvgIpc) is 2.85. The van der Waals surface area contributed by atoms with Crippen LogP contribution in [-0.4, -0.2) is 34.7 Å². The first kappa shape index (κ1) is 27.3. The summed E-state index contributed by atoms with van der Waals surface area (Å²) in [4.78, 5) is 40.4. The van der Waals surface area contributed by atoms with Crippen LogP contribution in [0.2, 0.25) is 0 Å². The van der Waals surface area contributed by atoms with E-state index in [1.807, 2.05) is 32.9 Å². The van der Waals surface area contributed by atoms with Crippen molar-refractivity contribution in [3.63, 3.8) is 0 Å². The number of carbonyl (C=O) groups excluding carboxylic acids is 3. The minimum absolute atomic E-state index is 0.0481. The van der Waals surface area contributed by atoms with Crippen LogP contribution in [0.1, 0.15) is 93.4 Å². The molecule has 0 spiro atoms. The van der Waals surface area contributed by atoms with E-state index >= 15 is 0 Å². The third kappa shape index (κ3) is 3.06. The lowest BCUT2D eigenvalue weighted by Crippen LogP contribution is -2.74. The Morgan fingerprint density at radius 2 is 1.66 bits per heavy atom. The number of ketones is 2. The zero-order valence-electron chi connectivity index (χ0n) is 24.2. The van der Waals surface area contributed by atoms with Gasteiger partial charge in [-0.2, -0.15) is 5.26 Å². The van der Waals surface area contributed by atoms with E-state index in [-0.39, 0.29) is 41.3 Å². The van der Waals surface area contributed by atoms with Crippen molar-refractivity contribution in [1.82, 2.24) is 5.32 Å². The minimum atomic E-state index is -1.59. The lowest BCUT2D eigenvalue weighted by Gasteiger charge is -2.71. The second kappa shape index (κ2) is 7.90. The molecule has 0 aliphatic heterocycles. The van der Waals surface area contributed by atoms with Gasteiger partial charge >= 0.3 is 0 Å². The molecule has 38 heavy (non-hydrogen) atoms. The highest BCUT2D eigenvalue weighted by molar-refractivity contribution is 6.01. The Balaban J connectivity index is 1.64. The number of rotatable bonds is 2. The van der Waals surface area contributed by atoms with Crippen LogP contribution >= 0.6 is 0 Å². The van der Waals surface area contributed by atoms with Gasteiger partial charge in [-0.1, -0.05) is 54.5 Å². The molecule has 3 saturated carbocycles. The molecule has 1 amide bonds. The molecule has 8 unspecified atom stereocenters. The third-order valence-electron chi connectivity index (χ3n) is 12.9. The summed E-state index contributed by atoms with van der Waals surface area (Å²) >= 11 is 0. The summed E-state index contributed by atoms with van der Waals surface area (Å²) in [6, 6.07) is 1.99. The number of nitrogens with one attached hydrogen (secondary N) is 1. The molecule has 0 aromatic carbocycles. The monoisotopic (exact) mass is 520 g/mol. The van der Waals surface area contributed by atoms with E-state index in [4.69, 9.17) is 5.26 Å². The summed E-state index contributed by atoms with van der Waals surface area (Å²) in [6.07, 6.45) is 10.6. The number of hydrogen-bond donors (Lipinski definition) is 2. The summed E-state index contributed by atoms with van der Waals surface area (Å²) in [5, 5.41) is 24.6. The van der Waals surface area contributed by atoms with Gasteiger partial charge in [0.05, 0.1) is 6.07 Å². The first-order valence-electron chi connectivity index (χ1n) is 14.3. The molecule has 5 aliphatic carbocycles. The van der Waals surface area contributed by atoms with Crippen LogP contribution in [0.3, 0.4) is 0 Å². The van der Waals surface area contributed by atoms with Gasteiger partial charge in [0.2, 0.25) is 5.91 Å². The highest BCUT2D eigenvalue weighted by Crippen LogP contribution is 2.75. The van der Waals surface area contributed by atoms with Crippen molar-refractivity contribution in [3.8, 4) is 6.07 Å². The summed E-state index contributed by atoms with van der Waals surface area (Å²) < 4.78 is 0. The molecule has 0 bridgehead atoms. The average molecular weight is 521 g/mol. The fraction of sp³-hybridized carbons (Fsp3) is 0.750. The summed E-state index contributed by atoms with van der Waals surface area (Å²) in [5.74, 6) is -0.554. The number of carbonyl (C=O) groups is 3. The van der Waals surface area contributed by atoms with Crippen molar-refractivity contribution < 1.29 is 19.5 Å². The van der Waals surface area contributed by atoms with Gasteiger partial charge in [-0.25, -0.2) is 0 Å². The summed E-state index contributed by atoms with van der Waals surface area (Å²) in [6.45, 7) is 14.6. The van der Waals surface area contributed by atoms with Crippen molar-refractivity contribution >= 4 is 17.5 Å². The first-order valence-corrected chi connectivity index (χ1v) is 14.3. The third-order valence-corrected chi connectivity index (χ3v) is 12.9. The highest BCUT2D eigenvalue weighted by atomic mass is 16.3. The van der Waals surface area contributed by atoms with Crippen LogP contribution in [0.4, 0.5) is 0 Å². The number of hydrogen-bond acceptors (Lipinski definition) is 5. The molecule has 0 radical (unpaired) electrons. The Hall–Kier alpha value is -2.26. The fourth-order valence-corrected chi connectivity index (χ4v) is 10.0. The smallest absolute Gasteiger partial charge is 0.226 e. The second-order valence-electron chi connectivity index (χ2n) is 15.0. The number of aliphatic hydroxyl groups is 1. The maximum Gasteiger partial charge on any atom is 0.226 e. The number of amides is 1. The van der Waals surface area contributed by atoms with E-state index < -0.39 is 32.7 Å². The van der Waals surface area contributed by atoms with E-state index in [1.165, 1.54) is 0 Å². The summed E-state index contributed by atoms with van der Waals surface area (Å²) in [5.41, 5.74) is -3.63. The van der Waals surface area contributed by atoms with Crippen molar-refractivity contribution in [1.29, 1.82) is 5.26 Å². The van der Waals surface area contributed by atoms with Crippen LogP contribution in [0.5, 0.6) is 0 Å². The zero-order chi connectivity index (χ0) is 28.2. The Kier molecular flexibility index (Phi) is 5.68. The fourth-order valence-electron chi connectivity index (χ4n) is 10.0. The Morgan fingerprint density at radius 3 is 2.32 bits per heavy atom. The molecule has 0 saturated heterocycles. The van der Waals surface area contributed by atoms with Crippen molar-refractivity contribution in [2.75, 3.05) is 6.54 Å². The van der Waals surface area contributed by atoms with Crippen LogP contribution in [-0.2, 0) is 14.4 Å². The Morgan fingerprint density at radius 1 is 1.00 bits per heavy atom. The molecule has 5 aliphatic rings. The molecule has 206 valence electrons. The quantitative estimate of drug-likeness (QED) is 0.495. The molecule has 6 nitrogen and oxygen atoms in total. The van der Waals surface area contributed by atoms with E-state index in [9.17, 15) is 19.5 Å². The molecule has 5 rings (SSSR count). The molecule has 3 fully saturated rings. The van der Waals surface area contributed by atoms with Crippen molar-refractivity contribution in [2.45, 2.75) is 99.0 Å². The van der Waals surface area contributed by atoms with Crippen molar-refractivity contribution in [3.05, 3.63) is 23.8 Å². The van der Waals surface area contributed by atoms with Crippen LogP contribution < -0.4 is 5.32 Å². The van der Waals surface area contributed by atoms with Gasteiger partial charge in [-0.05, 0) is 79.4 Å². The summed E-state index contributed by atoms with van der Waals surface area (Å²) in [7, 11) is 0. The molecule has 6 heteroatoms. The molecule has 0 aromatic heterocycles. The van der Waals surface area contributed by atoms with Gasteiger partial charge in [-0.3, -0.25) is 14.4 Å². The van der Waals surface area contributed by atoms with Gasteiger partial charge in [0.1, 0.15) is 12.1 Å². The molecular weight excluding hydrogens is 476 g/mol. The van der Waals surface area contributed by atoms with Crippen LogP contribution in [0.15, 0.2) is 23.8 Å². The molecule has 0 heterocycles. The van der Waals surface area contributed by atoms with Crippen molar-refractivity contribution in [2.24, 2.45) is 44.3 Å². The maximum atomic E-state index is 14.4. The second-order valence-corrected chi connectivity index (χ2v) is 15.0. The van der Waals surface area contributed by atoms with Gasteiger partial charge in [0.15, 0.2) is 11.6 Å². The van der Waals surface area contributed by atoms with Gasteiger partial charge in [-0.15, -0.1) is 0 Å². The topological polar surface area (TPSA) is 107 Å². The van der Waals surface area contributed by atoms with E-state index in [0.717, 1.165) is 37.7 Å². The molecule has 8 atom stereocenters. The van der Waals surface area contributed by atoms with E-state index in [0.29, 0.717) is 12.8 Å². The predicted molar refractivity (Wildman–Crippen MR) is 144 cm³/mol. The molecule has 2 N–H and O–H groups in total. The number of nitrogens with zero attached hydrogens (tertiary/aromatic N) is 1. The predicted octanol–water partition coefficient (Wildman–Crippen LogP) is 5.07. The number of allylic oxidation sites excluding steroid dienone is 3. The normalized spacial score (nSPS) is 49.0. The van der Waals surface area contributed by atoms with Crippen LogP contribution in [0.25, 0.3) is 0 Å². The largest absolute Gasteiger partial charge is 0.381 e. The van der Waals surface area contributed by atoms with E-state index in [2.05, 4.69) is 33.0 Å². The molecule has 0 aromatic rings. The van der Waals surface area contributed by atoms with E-state index in [1.54, 1.807) is 12.2 Å². The minimum Gasteiger partial charge on any atom is -0.381 e. The Bertz CT molecular complexity index is 1230. The number of nitriles is 1. The van der Waals surface area contributed by atoms with Gasteiger partial charge in [0.25, 0.3) is 0 Å². The number of fused-ring (bicyclic) bond motifs is 7. The SMILES string of the molecule is CC1(C(=O)NCC#N)CCC2(C)CCC3(C)C4(C)CCC5C(C)(C)C(=O)C=CC5(C)C4=CC(=O)C3(O)C2C1. The zero-order valence-corrected chi connectivity index (χ0v) is 24.2.